The monoisotopic (exact) mass is 257 g/mol. The van der Waals surface area contributed by atoms with E-state index >= 15 is 0 Å². The Morgan fingerprint density at radius 3 is 2.33 bits per heavy atom. The van der Waals surface area contributed by atoms with Crippen molar-refractivity contribution in [1.29, 1.82) is 0 Å². The Hall–Kier alpha value is -0.0800. The molecular formula is C16H35NO. The lowest BCUT2D eigenvalue weighted by molar-refractivity contribution is 0.173. The molecule has 2 heteroatoms. The van der Waals surface area contributed by atoms with Crippen molar-refractivity contribution >= 4 is 0 Å². The highest BCUT2D eigenvalue weighted by atomic mass is 16.5. The number of rotatable bonds is 11. The Balaban J connectivity index is 3.33. The van der Waals surface area contributed by atoms with Gasteiger partial charge in [0.15, 0.2) is 0 Å². The summed E-state index contributed by atoms with van der Waals surface area (Å²) in [6, 6.07) is 0. The minimum atomic E-state index is 0.410. The summed E-state index contributed by atoms with van der Waals surface area (Å²) < 4.78 is 5.16. The number of hydrogen-bond donors (Lipinski definition) is 1. The molecule has 0 aliphatic heterocycles. The van der Waals surface area contributed by atoms with Gasteiger partial charge in [-0.25, -0.2) is 0 Å². The zero-order valence-corrected chi connectivity index (χ0v) is 13.3. The van der Waals surface area contributed by atoms with Crippen molar-refractivity contribution in [3.05, 3.63) is 0 Å². The molecule has 0 bridgehead atoms. The number of unbranched alkanes of at least 4 members (excludes halogenated alkanes) is 2. The van der Waals surface area contributed by atoms with Crippen LogP contribution in [0.4, 0.5) is 0 Å². The van der Waals surface area contributed by atoms with Crippen molar-refractivity contribution in [3.8, 4) is 0 Å². The van der Waals surface area contributed by atoms with Crippen LogP contribution in [0, 0.1) is 11.3 Å². The van der Waals surface area contributed by atoms with Crippen LogP contribution in [0.1, 0.15) is 66.2 Å². The summed E-state index contributed by atoms with van der Waals surface area (Å²) in [6.45, 7) is 12.4. The molecule has 0 aromatic rings. The Labute approximate surface area is 115 Å². The number of hydrogen-bond acceptors (Lipinski definition) is 2. The first-order valence-corrected chi connectivity index (χ1v) is 7.69. The second-order valence-corrected chi connectivity index (χ2v) is 6.64. The molecule has 110 valence electrons. The molecule has 0 saturated carbocycles. The van der Waals surface area contributed by atoms with Crippen molar-refractivity contribution in [2.75, 3.05) is 26.8 Å². The molecule has 18 heavy (non-hydrogen) atoms. The lowest BCUT2D eigenvalue weighted by Gasteiger charge is -2.18. The van der Waals surface area contributed by atoms with Gasteiger partial charge >= 0.3 is 0 Å². The van der Waals surface area contributed by atoms with E-state index in [0.717, 1.165) is 19.1 Å². The van der Waals surface area contributed by atoms with E-state index in [2.05, 4.69) is 33.0 Å². The van der Waals surface area contributed by atoms with Crippen LogP contribution >= 0.6 is 0 Å². The van der Waals surface area contributed by atoms with Gasteiger partial charge in [0, 0.05) is 13.7 Å². The second kappa shape index (κ2) is 10.8. The minimum absolute atomic E-state index is 0.410. The third-order valence-corrected chi connectivity index (χ3v) is 3.43. The summed E-state index contributed by atoms with van der Waals surface area (Å²) in [5, 5.41) is 3.54. The standard InChI is InChI=1S/C16H35NO/c1-6-15(11-13-18-5)10-8-7-9-12-17-14-16(2,3)4/h15,17H,6-14H2,1-5H3/t15-/m1/s1. The molecular weight excluding hydrogens is 222 g/mol. The number of methoxy groups -OCH3 is 1. The van der Waals surface area contributed by atoms with Crippen molar-refractivity contribution in [1.82, 2.24) is 5.32 Å². The fourth-order valence-corrected chi connectivity index (χ4v) is 2.16. The van der Waals surface area contributed by atoms with Crippen LogP contribution < -0.4 is 5.32 Å². The van der Waals surface area contributed by atoms with E-state index < -0.39 is 0 Å². The molecule has 0 aliphatic carbocycles. The van der Waals surface area contributed by atoms with Crippen molar-refractivity contribution < 1.29 is 4.74 Å². The summed E-state index contributed by atoms with van der Waals surface area (Å²) >= 11 is 0. The third kappa shape index (κ3) is 12.4. The first-order chi connectivity index (χ1) is 8.49. The lowest BCUT2D eigenvalue weighted by atomic mass is 9.95. The molecule has 2 nitrogen and oxygen atoms in total. The molecule has 0 heterocycles. The SMILES string of the molecule is CC[C@H](CCCCCNCC(C)(C)C)CCOC. The second-order valence-electron chi connectivity index (χ2n) is 6.64. The van der Waals surface area contributed by atoms with Gasteiger partial charge in [0.05, 0.1) is 0 Å². The zero-order valence-electron chi connectivity index (χ0n) is 13.3. The van der Waals surface area contributed by atoms with E-state index in [-0.39, 0.29) is 0 Å². The minimum Gasteiger partial charge on any atom is -0.385 e. The van der Waals surface area contributed by atoms with Crippen LogP contribution in [0.2, 0.25) is 0 Å². The zero-order chi connectivity index (χ0) is 13.9. The predicted octanol–water partition coefficient (Wildman–Crippen LogP) is 4.25. The highest BCUT2D eigenvalue weighted by molar-refractivity contribution is 4.64. The lowest BCUT2D eigenvalue weighted by Crippen LogP contribution is -2.27. The van der Waals surface area contributed by atoms with Gasteiger partial charge < -0.3 is 10.1 Å². The summed E-state index contributed by atoms with van der Waals surface area (Å²) in [5.41, 5.74) is 0.410. The molecule has 0 fully saturated rings. The summed E-state index contributed by atoms with van der Waals surface area (Å²) in [5.74, 6) is 0.868. The molecule has 0 spiro atoms. The normalized spacial score (nSPS) is 13.8. The Bertz CT molecular complexity index is 174. The molecule has 0 saturated heterocycles. The molecule has 0 aliphatic rings. The average molecular weight is 257 g/mol. The summed E-state index contributed by atoms with van der Waals surface area (Å²) in [6.07, 6.45) is 7.96. The van der Waals surface area contributed by atoms with E-state index in [1.165, 1.54) is 45.1 Å². The van der Waals surface area contributed by atoms with Crippen LogP contribution in [-0.2, 0) is 4.74 Å². The molecule has 0 unspecified atom stereocenters. The predicted molar refractivity (Wildman–Crippen MR) is 81.1 cm³/mol. The largest absolute Gasteiger partial charge is 0.385 e. The van der Waals surface area contributed by atoms with Gasteiger partial charge in [-0.3, -0.25) is 0 Å². The van der Waals surface area contributed by atoms with Gasteiger partial charge in [0.2, 0.25) is 0 Å². The Kier molecular flexibility index (Phi) is 10.8. The van der Waals surface area contributed by atoms with Crippen LogP contribution in [-0.4, -0.2) is 26.8 Å². The molecule has 1 N–H and O–H groups in total. The topological polar surface area (TPSA) is 21.3 Å². The van der Waals surface area contributed by atoms with Crippen LogP contribution in [0.15, 0.2) is 0 Å². The smallest absolute Gasteiger partial charge is 0.0464 e. The molecule has 0 amide bonds. The van der Waals surface area contributed by atoms with Gasteiger partial charge in [-0.2, -0.15) is 0 Å². The summed E-state index contributed by atoms with van der Waals surface area (Å²) in [7, 11) is 1.80. The highest BCUT2D eigenvalue weighted by Gasteiger charge is 2.08. The molecule has 0 rings (SSSR count). The van der Waals surface area contributed by atoms with Crippen LogP contribution in [0.25, 0.3) is 0 Å². The van der Waals surface area contributed by atoms with Crippen molar-refractivity contribution in [3.63, 3.8) is 0 Å². The number of ether oxygens (including phenoxy) is 1. The van der Waals surface area contributed by atoms with E-state index in [1.54, 1.807) is 7.11 Å². The van der Waals surface area contributed by atoms with Crippen molar-refractivity contribution in [2.45, 2.75) is 66.2 Å². The van der Waals surface area contributed by atoms with E-state index in [4.69, 9.17) is 4.74 Å². The maximum atomic E-state index is 5.16. The maximum Gasteiger partial charge on any atom is 0.0464 e. The molecule has 1 atom stereocenters. The van der Waals surface area contributed by atoms with E-state index in [9.17, 15) is 0 Å². The highest BCUT2D eigenvalue weighted by Crippen LogP contribution is 2.17. The first-order valence-electron chi connectivity index (χ1n) is 7.69. The van der Waals surface area contributed by atoms with E-state index in [0.29, 0.717) is 5.41 Å². The van der Waals surface area contributed by atoms with Gasteiger partial charge in [-0.1, -0.05) is 53.4 Å². The fraction of sp³-hybridized carbons (Fsp3) is 1.00. The summed E-state index contributed by atoms with van der Waals surface area (Å²) in [4.78, 5) is 0. The Morgan fingerprint density at radius 2 is 1.78 bits per heavy atom. The van der Waals surface area contributed by atoms with Gasteiger partial charge in [0.1, 0.15) is 0 Å². The Morgan fingerprint density at radius 1 is 1.06 bits per heavy atom. The van der Waals surface area contributed by atoms with Crippen LogP contribution in [0.5, 0.6) is 0 Å². The van der Waals surface area contributed by atoms with Gasteiger partial charge in [-0.15, -0.1) is 0 Å². The average Bonchev–Trinajstić information content (AvgIpc) is 2.30. The maximum absolute atomic E-state index is 5.16. The van der Waals surface area contributed by atoms with Crippen LogP contribution in [0.3, 0.4) is 0 Å². The van der Waals surface area contributed by atoms with Gasteiger partial charge in [-0.05, 0) is 37.3 Å². The number of nitrogens with one attached hydrogen (secondary N) is 1. The fourth-order valence-electron chi connectivity index (χ4n) is 2.16. The first kappa shape index (κ1) is 17.9. The molecule has 0 radical (unpaired) electrons. The molecule has 0 aromatic heterocycles. The van der Waals surface area contributed by atoms with Gasteiger partial charge in [0.25, 0.3) is 0 Å². The quantitative estimate of drug-likeness (QED) is 0.559. The van der Waals surface area contributed by atoms with E-state index in [1.807, 2.05) is 0 Å². The molecule has 0 aromatic carbocycles. The third-order valence-electron chi connectivity index (χ3n) is 3.43. The van der Waals surface area contributed by atoms with Crippen molar-refractivity contribution in [2.24, 2.45) is 11.3 Å².